The van der Waals surface area contributed by atoms with E-state index >= 15 is 0 Å². The molecule has 2 N–H and O–H groups in total. The van der Waals surface area contributed by atoms with E-state index in [1.807, 2.05) is 12.1 Å². The topological polar surface area (TPSA) is 104 Å². The van der Waals surface area contributed by atoms with Gasteiger partial charge in [0.2, 0.25) is 5.95 Å². The second-order valence-electron chi connectivity index (χ2n) is 5.15. The molecule has 0 spiro atoms. The molecule has 0 atom stereocenters. The average molecular weight is 330 g/mol. The van der Waals surface area contributed by atoms with Crippen LogP contribution in [0.3, 0.4) is 0 Å². The number of pyridine rings is 1. The van der Waals surface area contributed by atoms with E-state index in [1.54, 1.807) is 36.7 Å². The van der Waals surface area contributed by atoms with Gasteiger partial charge in [-0.25, -0.2) is 9.97 Å². The number of amides is 1. The monoisotopic (exact) mass is 330 g/mol. The Kier molecular flexibility index (Phi) is 4.93. The Bertz CT molecular complexity index is 903. The molecular weight excluding hydrogens is 316 g/mol. The van der Waals surface area contributed by atoms with E-state index in [0.29, 0.717) is 29.3 Å². The second kappa shape index (κ2) is 7.66. The highest BCUT2D eigenvalue weighted by atomic mass is 16.1. The van der Waals surface area contributed by atoms with Crippen LogP contribution in [0.15, 0.2) is 61.2 Å². The molecule has 0 aliphatic heterocycles. The summed E-state index contributed by atoms with van der Waals surface area (Å²) in [5.74, 6) is 0.0932. The molecule has 7 heteroatoms. The summed E-state index contributed by atoms with van der Waals surface area (Å²) >= 11 is 0. The fraction of sp³-hybridized carbons (Fsp3) is 0.0556. The van der Waals surface area contributed by atoms with E-state index in [2.05, 4.69) is 31.7 Å². The van der Waals surface area contributed by atoms with Crippen molar-refractivity contribution in [3.63, 3.8) is 0 Å². The molecule has 3 rings (SSSR count). The van der Waals surface area contributed by atoms with Crippen molar-refractivity contribution in [2.45, 2.75) is 6.54 Å². The van der Waals surface area contributed by atoms with Crippen molar-refractivity contribution < 1.29 is 4.79 Å². The standard InChI is InChI=1S/C18H14N6O/c19-9-14-2-1-3-16(8-14)24-18-22-11-15(12-23-18)17(25)21-10-13-4-6-20-7-5-13/h1-8,11-12H,10H2,(H,21,25)(H,22,23,24). The van der Waals surface area contributed by atoms with Crippen LogP contribution < -0.4 is 10.6 Å². The lowest BCUT2D eigenvalue weighted by atomic mass is 10.2. The number of anilines is 2. The van der Waals surface area contributed by atoms with Crippen molar-refractivity contribution in [2.24, 2.45) is 0 Å². The summed E-state index contributed by atoms with van der Waals surface area (Å²) in [7, 11) is 0. The summed E-state index contributed by atoms with van der Waals surface area (Å²) in [5.41, 5.74) is 2.57. The average Bonchev–Trinajstić information content (AvgIpc) is 2.67. The molecule has 0 saturated heterocycles. The number of nitriles is 1. The van der Waals surface area contributed by atoms with E-state index in [-0.39, 0.29) is 5.91 Å². The van der Waals surface area contributed by atoms with E-state index in [9.17, 15) is 4.79 Å². The molecule has 0 bridgehead atoms. The van der Waals surface area contributed by atoms with Gasteiger partial charge in [0, 0.05) is 37.0 Å². The molecule has 3 aromatic rings. The van der Waals surface area contributed by atoms with Crippen molar-refractivity contribution in [3.8, 4) is 6.07 Å². The largest absolute Gasteiger partial charge is 0.348 e. The van der Waals surface area contributed by atoms with Crippen LogP contribution in [0.4, 0.5) is 11.6 Å². The smallest absolute Gasteiger partial charge is 0.254 e. The van der Waals surface area contributed by atoms with Gasteiger partial charge in [-0.15, -0.1) is 0 Å². The quantitative estimate of drug-likeness (QED) is 0.744. The summed E-state index contributed by atoms with van der Waals surface area (Å²) in [6.07, 6.45) is 6.25. The highest BCUT2D eigenvalue weighted by Gasteiger charge is 2.07. The lowest BCUT2D eigenvalue weighted by Crippen LogP contribution is -2.23. The van der Waals surface area contributed by atoms with Crippen LogP contribution in [0, 0.1) is 11.3 Å². The van der Waals surface area contributed by atoms with Gasteiger partial charge >= 0.3 is 0 Å². The van der Waals surface area contributed by atoms with Gasteiger partial charge in [-0.1, -0.05) is 6.07 Å². The zero-order valence-corrected chi connectivity index (χ0v) is 13.2. The van der Waals surface area contributed by atoms with Crippen molar-refractivity contribution in [1.29, 1.82) is 5.26 Å². The first-order valence-corrected chi connectivity index (χ1v) is 7.51. The van der Waals surface area contributed by atoms with Crippen LogP contribution in [0.25, 0.3) is 0 Å². The second-order valence-corrected chi connectivity index (χ2v) is 5.15. The number of benzene rings is 1. The number of carbonyl (C=O) groups is 1. The maximum atomic E-state index is 12.1. The Labute approximate surface area is 144 Å². The van der Waals surface area contributed by atoms with Crippen LogP contribution in [0.5, 0.6) is 0 Å². The van der Waals surface area contributed by atoms with Crippen LogP contribution in [-0.4, -0.2) is 20.9 Å². The molecule has 0 aliphatic carbocycles. The van der Waals surface area contributed by atoms with Crippen LogP contribution >= 0.6 is 0 Å². The number of hydrogen-bond donors (Lipinski definition) is 2. The number of carbonyl (C=O) groups excluding carboxylic acids is 1. The summed E-state index contributed by atoms with van der Waals surface area (Å²) in [5, 5.41) is 14.7. The third-order valence-corrected chi connectivity index (χ3v) is 3.36. The molecule has 0 fully saturated rings. The lowest BCUT2D eigenvalue weighted by Gasteiger charge is -2.07. The highest BCUT2D eigenvalue weighted by molar-refractivity contribution is 5.93. The summed E-state index contributed by atoms with van der Waals surface area (Å²) in [6.45, 7) is 0.405. The highest BCUT2D eigenvalue weighted by Crippen LogP contribution is 2.14. The molecule has 0 unspecified atom stereocenters. The van der Waals surface area contributed by atoms with Gasteiger partial charge in [-0.2, -0.15) is 5.26 Å². The summed E-state index contributed by atoms with van der Waals surface area (Å²) < 4.78 is 0. The Hall–Kier alpha value is -3.79. The first-order valence-electron chi connectivity index (χ1n) is 7.51. The van der Waals surface area contributed by atoms with Crippen molar-refractivity contribution in [3.05, 3.63) is 77.9 Å². The fourth-order valence-corrected chi connectivity index (χ4v) is 2.09. The molecule has 2 heterocycles. The SMILES string of the molecule is N#Cc1cccc(Nc2ncc(C(=O)NCc3ccncc3)cn2)c1. The van der Waals surface area contributed by atoms with Crippen molar-refractivity contribution in [1.82, 2.24) is 20.3 Å². The van der Waals surface area contributed by atoms with Crippen molar-refractivity contribution >= 4 is 17.5 Å². The van der Waals surface area contributed by atoms with Gasteiger partial charge in [0.1, 0.15) is 0 Å². The maximum Gasteiger partial charge on any atom is 0.254 e. The van der Waals surface area contributed by atoms with Gasteiger partial charge in [-0.05, 0) is 35.9 Å². The van der Waals surface area contributed by atoms with Gasteiger partial charge < -0.3 is 10.6 Å². The molecule has 1 amide bonds. The van der Waals surface area contributed by atoms with Crippen molar-refractivity contribution in [2.75, 3.05) is 5.32 Å². The molecule has 1 aromatic carbocycles. The molecule has 0 saturated carbocycles. The number of rotatable bonds is 5. The van der Waals surface area contributed by atoms with Gasteiger partial charge in [-0.3, -0.25) is 9.78 Å². The Morgan fingerprint density at radius 1 is 1.12 bits per heavy atom. The molecule has 122 valence electrons. The molecular formula is C18H14N6O. The minimum absolute atomic E-state index is 0.255. The van der Waals surface area contributed by atoms with E-state index in [1.165, 1.54) is 12.4 Å². The minimum Gasteiger partial charge on any atom is -0.348 e. The van der Waals surface area contributed by atoms with Gasteiger partial charge in [0.15, 0.2) is 0 Å². The van der Waals surface area contributed by atoms with E-state index in [0.717, 1.165) is 5.56 Å². The molecule has 7 nitrogen and oxygen atoms in total. The predicted molar refractivity (Wildman–Crippen MR) is 91.9 cm³/mol. The zero-order chi connectivity index (χ0) is 17.5. The fourth-order valence-electron chi connectivity index (χ4n) is 2.09. The third kappa shape index (κ3) is 4.36. The van der Waals surface area contributed by atoms with Gasteiger partial charge in [0.25, 0.3) is 5.91 Å². The van der Waals surface area contributed by atoms with E-state index in [4.69, 9.17) is 5.26 Å². The predicted octanol–water partition coefficient (Wildman–Crippen LogP) is 2.42. The lowest BCUT2D eigenvalue weighted by molar-refractivity contribution is 0.0950. The Morgan fingerprint density at radius 3 is 2.60 bits per heavy atom. The van der Waals surface area contributed by atoms with E-state index < -0.39 is 0 Å². The van der Waals surface area contributed by atoms with Gasteiger partial charge in [0.05, 0.1) is 17.2 Å². The molecule has 2 aromatic heterocycles. The number of aromatic nitrogens is 3. The Morgan fingerprint density at radius 2 is 1.88 bits per heavy atom. The summed E-state index contributed by atoms with van der Waals surface area (Å²) in [6, 6.07) is 12.7. The first kappa shape index (κ1) is 16.1. The van der Waals surface area contributed by atoms with Crippen LogP contribution in [-0.2, 0) is 6.54 Å². The molecule has 25 heavy (non-hydrogen) atoms. The number of nitrogens with zero attached hydrogens (tertiary/aromatic N) is 4. The van der Waals surface area contributed by atoms with Crippen LogP contribution in [0.2, 0.25) is 0 Å². The first-order chi connectivity index (χ1) is 12.2. The number of nitrogens with one attached hydrogen (secondary N) is 2. The molecule has 0 aliphatic rings. The third-order valence-electron chi connectivity index (χ3n) is 3.36. The van der Waals surface area contributed by atoms with Crippen LogP contribution in [0.1, 0.15) is 21.5 Å². The molecule has 0 radical (unpaired) electrons. The maximum absolute atomic E-state index is 12.1. The zero-order valence-electron chi connectivity index (χ0n) is 13.2. The Balaban J connectivity index is 1.61. The normalized spacial score (nSPS) is 9.88. The minimum atomic E-state index is -0.255. The summed E-state index contributed by atoms with van der Waals surface area (Å²) in [4.78, 5) is 24.3. The number of hydrogen-bond acceptors (Lipinski definition) is 6.